The summed E-state index contributed by atoms with van der Waals surface area (Å²) in [7, 11) is -0.0786. The smallest absolute Gasteiger partial charge is 0.492 e. The molecule has 0 saturated carbocycles. The summed E-state index contributed by atoms with van der Waals surface area (Å²) in [6.45, 7) is 5.65. The molecule has 1 aromatic carbocycles. The number of ether oxygens (including phenoxy) is 3. The highest BCUT2D eigenvalue weighted by atomic mass is 16.5. The lowest BCUT2D eigenvalue weighted by molar-refractivity contribution is 0.0821. The van der Waals surface area contributed by atoms with Gasteiger partial charge in [-0.15, -0.1) is 0 Å². The zero-order chi connectivity index (χ0) is 14.3. The van der Waals surface area contributed by atoms with Crippen LogP contribution in [0.4, 0.5) is 0 Å². The van der Waals surface area contributed by atoms with Crippen molar-refractivity contribution >= 4 is 12.6 Å². The molecule has 19 heavy (non-hydrogen) atoms. The number of hydrogen-bond donors (Lipinski definition) is 2. The molecule has 5 nitrogen and oxygen atoms in total. The van der Waals surface area contributed by atoms with E-state index >= 15 is 0 Å². The first-order valence-corrected chi connectivity index (χ1v) is 6.29. The SMILES string of the molecule is COc1ccc(OCCOCC(C)C)c(B(O)O)c1. The first-order valence-electron chi connectivity index (χ1n) is 6.29. The van der Waals surface area contributed by atoms with Gasteiger partial charge in [-0.3, -0.25) is 0 Å². The molecular weight excluding hydrogens is 247 g/mol. The molecule has 0 fully saturated rings. The Hall–Kier alpha value is -1.24. The molecule has 1 rings (SSSR count). The number of rotatable bonds is 8. The molecule has 0 aliphatic rings. The highest BCUT2D eigenvalue weighted by molar-refractivity contribution is 6.59. The number of benzene rings is 1. The monoisotopic (exact) mass is 268 g/mol. The standard InChI is InChI=1S/C13H21BO5/c1-10(2)9-18-6-7-19-13-5-4-11(17-3)8-12(13)14(15)16/h4-5,8,10,15-16H,6-7,9H2,1-3H3. The van der Waals surface area contributed by atoms with Crippen molar-refractivity contribution in [2.24, 2.45) is 5.92 Å². The van der Waals surface area contributed by atoms with Gasteiger partial charge in [0.2, 0.25) is 0 Å². The van der Waals surface area contributed by atoms with Crippen molar-refractivity contribution in [2.75, 3.05) is 26.9 Å². The summed E-state index contributed by atoms with van der Waals surface area (Å²) in [6, 6.07) is 4.89. The van der Waals surface area contributed by atoms with E-state index in [4.69, 9.17) is 14.2 Å². The second kappa shape index (κ2) is 8.04. The first-order chi connectivity index (χ1) is 9.04. The van der Waals surface area contributed by atoms with Crippen LogP contribution in [0.25, 0.3) is 0 Å². The van der Waals surface area contributed by atoms with Gasteiger partial charge in [0, 0.05) is 12.1 Å². The predicted molar refractivity (Wildman–Crippen MR) is 74.0 cm³/mol. The third-order valence-electron chi connectivity index (χ3n) is 2.43. The van der Waals surface area contributed by atoms with E-state index in [0.717, 1.165) is 0 Å². The molecule has 0 atom stereocenters. The fourth-order valence-electron chi connectivity index (χ4n) is 1.52. The van der Waals surface area contributed by atoms with E-state index in [9.17, 15) is 10.0 Å². The molecule has 0 aliphatic carbocycles. The third kappa shape index (κ3) is 5.51. The van der Waals surface area contributed by atoms with E-state index in [1.807, 2.05) is 0 Å². The summed E-state index contributed by atoms with van der Waals surface area (Å²) in [4.78, 5) is 0. The Morgan fingerprint density at radius 3 is 2.53 bits per heavy atom. The van der Waals surface area contributed by atoms with Gasteiger partial charge in [0.1, 0.15) is 18.1 Å². The largest absolute Gasteiger partial charge is 0.497 e. The van der Waals surface area contributed by atoms with Crippen molar-refractivity contribution in [2.45, 2.75) is 13.8 Å². The number of methoxy groups -OCH3 is 1. The van der Waals surface area contributed by atoms with Gasteiger partial charge in [-0.1, -0.05) is 13.8 Å². The van der Waals surface area contributed by atoms with E-state index in [1.54, 1.807) is 12.1 Å². The Labute approximate surface area is 114 Å². The predicted octanol–water partition coefficient (Wildman–Crippen LogP) is 0.426. The molecule has 0 bridgehead atoms. The Kier molecular flexibility index (Phi) is 6.69. The molecule has 0 spiro atoms. The molecule has 1 aromatic rings. The molecule has 106 valence electrons. The topological polar surface area (TPSA) is 68.2 Å². The lowest BCUT2D eigenvalue weighted by atomic mass is 9.79. The van der Waals surface area contributed by atoms with Crippen molar-refractivity contribution in [1.82, 2.24) is 0 Å². The quantitative estimate of drug-likeness (QED) is 0.528. The van der Waals surface area contributed by atoms with Gasteiger partial charge < -0.3 is 24.3 Å². The Morgan fingerprint density at radius 2 is 1.95 bits per heavy atom. The maximum absolute atomic E-state index is 9.29. The second-order valence-electron chi connectivity index (χ2n) is 4.59. The minimum Gasteiger partial charge on any atom is -0.497 e. The summed E-state index contributed by atoms with van der Waals surface area (Å²) in [5.41, 5.74) is 0.281. The molecule has 0 radical (unpaired) electrons. The van der Waals surface area contributed by atoms with Crippen molar-refractivity contribution in [3.05, 3.63) is 18.2 Å². The molecule has 0 unspecified atom stereocenters. The Balaban J connectivity index is 2.52. The molecular formula is C13H21BO5. The Morgan fingerprint density at radius 1 is 1.21 bits per heavy atom. The molecule has 0 amide bonds. The molecule has 0 aromatic heterocycles. The van der Waals surface area contributed by atoms with Crippen molar-refractivity contribution < 1.29 is 24.3 Å². The second-order valence-corrected chi connectivity index (χ2v) is 4.59. The highest BCUT2D eigenvalue weighted by Gasteiger charge is 2.18. The minimum atomic E-state index is -1.60. The van der Waals surface area contributed by atoms with E-state index in [1.165, 1.54) is 13.2 Å². The van der Waals surface area contributed by atoms with Gasteiger partial charge in [-0.25, -0.2) is 0 Å². The van der Waals surface area contributed by atoms with Gasteiger partial charge in [-0.2, -0.15) is 0 Å². The highest BCUT2D eigenvalue weighted by Crippen LogP contribution is 2.15. The van der Waals surface area contributed by atoms with Gasteiger partial charge in [0.15, 0.2) is 0 Å². The molecule has 0 heterocycles. The summed E-state index contributed by atoms with van der Waals surface area (Å²) in [5.74, 6) is 1.45. The summed E-state index contributed by atoms with van der Waals surface area (Å²) >= 11 is 0. The minimum absolute atomic E-state index is 0.281. The van der Waals surface area contributed by atoms with E-state index in [0.29, 0.717) is 37.2 Å². The van der Waals surface area contributed by atoms with Crippen LogP contribution in [0.3, 0.4) is 0 Å². The zero-order valence-electron chi connectivity index (χ0n) is 11.6. The summed E-state index contributed by atoms with van der Waals surface area (Å²) in [5, 5.41) is 18.6. The maximum Gasteiger partial charge on any atom is 0.492 e. The molecule has 0 aliphatic heterocycles. The van der Waals surface area contributed by atoms with Gasteiger partial charge in [0.05, 0.1) is 13.7 Å². The van der Waals surface area contributed by atoms with Crippen molar-refractivity contribution in [3.63, 3.8) is 0 Å². The molecule has 6 heteroatoms. The molecule has 0 saturated heterocycles. The van der Waals surface area contributed by atoms with Crippen LogP contribution in [0, 0.1) is 5.92 Å². The summed E-state index contributed by atoms with van der Waals surface area (Å²) < 4.78 is 15.9. The van der Waals surface area contributed by atoms with Crippen LogP contribution in [0.2, 0.25) is 0 Å². The van der Waals surface area contributed by atoms with Gasteiger partial charge in [-0.05, 0) is 24.1 Å². The van der Waals surface area contributed by atoms with Crippen LogP contribution < -0.4 is 14.9 Å². The van der Waals surface area contributed by atoms with E-state index in [2.05, 4.69) is 13.8 Å². The normalized spacial score (nSPS) is 10.6. The Bertz CT molecular complexity index is 381. The van der Waals surface area contributed by atoms with Crippen LogP contribution in [0.5, 0.6) is 11.5 Å². The summed E-state index contributed by atoms with van der Waals surface area (Å²) in [6.07, 6.45) is 0. The van der Waals surface area contributed by atoms with E-state index in [-0.39, 0.29) is 5.46 Å². The van der Waals surface area contributed by atoms with Crippen LogP contribution >= 0.6 is 0 Å². The lowest BCUT2D eigenvalue weighted by Crippen LogP contribution is -2.32. The van der Waals surface area contributed by atoms with Gasteiger partial charge >= 0.3 is 7.12 Å². The fourth-order valence-corrected chi connectivity index (χ4v) is 1.52. The average Bonchev–Trinajstić information content (AvgIpc) is 2.38. The zero-order valence-corrected chi connectivity index (χ0v) is 11.6. The lowest BCUT2D eigenvalue weighted by Gasteiger charge is -2.13. The van der Waals surface area contributed by atoms with E-state index < -0.39 is 7.12 Å². The average molecular weight is 268 g/mol. The maximum atomic E-state index is 9.29. The fraction of sp³-hybridized carbons (Fsp3) is 0.538. The van der Waals surface area contributed by atoms with Crippen LogP contribution in [0.15, 0.2) is 18.2 Å². The third-order valence-corrected chi connectivity index (χ3v) is 2.43. The van der Waals surface area contributed by atoms with Crippen LogP contribution in [0.1, 0.15) is 13.8 Å². The van der Waals surface area contributed by atoms with Crippen LogP contribution in [-0.2, 0) is 4.74 Å². The van der Waals surface area contributed by atoms with Crippen molar-refractivity contribution in [3.8, 4) is 11.5 Å². The number of hydrogen-bond acceptors (Lipinski definition) is 5. The first kappa shape index (κ1) is 15.8. The van der Waals surface area contributed by atoms with Crippen molar-refractivity contribution in [1.29, 1.82) is 0 Å². The van der Waals surface area contributed by atoms with Gasteiger partial charge in [0.25, 0.3) is 0 Å². The van der Waals surface area contributed by atoms with Crippen LogP contribution in [-0.4, -0.2) is 44.1 Å². The molecule has 2 N–H and O–H groups in total.